The van der Waals surface area contributed by atoms with Gasteiger partial charge in [-0.2, -0.15) is 0 Å². The highest BCUT2D eigenvalue weighted by Gasteiger charge is 2.24. The van der Waals surface area contributed by atoms with Crippen LogP contribution in [0.4, 0.5) is 14.5 Å². The molecular formula is C13H15F2NO3. The predicted molar refractivity (Wildman–Crippen MR) is 65.4 cm³/mol. The van der Waals surface area contributed by atoms with Crippen molar-refractivity contribution in [2.24, 2.45) is 0 Å². The minimum absolute atomic E-state index is 0.0402. The van der Waals surface area contributed by atoms with Gasteiger partial charge in [0.1, 0.15) is 0 Å². The molecule has 2 unspecified atom stereocenters. The molecule has 1 aliphatic rings. The number of carboxylic acid groups (broad SMARTS) is 1. The molecule has 4 nitrogen and oxygen atoms in total. The van der Waals surface area contributed by atoms with Crippen molar-refractivity contribution in [1.29, 1.82) is 0 Å². The van der Waals surface area contributed by atoms with E-state index in [1.54, 1.807) is 0 Å². The van der Waals surface area contributed by atoms with Crippen LogP contribution in [0.5, 0.6) is 0 Å². The first kappa shape index (κ1) is 13.7. The van der Waals surface area contributed by atoms with E-state index in [1.807, 2.05) is 6.92 Å². The maximum absolute atomic E-state index is 13.7. The third-order valence-corrected chi connectivity index (χ3v) is 3.22. The molecule has 0 radical (unpaired) electrons. The minimum atomic E-state index is -1.49. The zero-order valence-corrected chi connectivity index (χ0v) is 10.5. The highest BCUT2D eigenvalue weighted by atomic mass is 19.2. The van der Waals surface area contributed by atoms with Crippen molar-refractivity contribution in [3.8, 4) is 0 Å². The van der Waals surface area contributed by atoms with Crippen molar-refractivity contribution in [2.75, 3.05) is 11.9 Å². The molecular weight excluding hydrogens is 256 g/mol. The zero-order chi connectivity index (χ0) is 14.0. The molecule has 0 bridgehead atoms. The molecule has 1 fully saturated rings. The lowest BCUT2D eigenvalue weighted by atomic mass is 10.1. The zero-order valence-electron chi connectivity index (χ0n) is 10.5. The van der Waals surface area contributed by atoms with Crippen LogP contribution in [-0.4, -0.2) is 29.8 Å². The summed E-state index contributed by atoms with van der Waals surface area (Å²) in [6, 6.07) is 2.10. The Morgan fingerprint density at radius 3 is 2.79 bits per heavy atom. The maximum Gasteiger partial charge on any atom is 0.338 e. The molecule has 6 heteroatoms. The lowest BCUT2D eigenvalue weighted by molar-refractivity contribution is 0.0690. The summed E-state index contributed by atoms with van der Waals surface area (Å²) in [5.74, 6) is -4.02. The molecule has 0 spiro atoms. The molecule has 1 saturated heterocycles. The molecule has 2 atom stereocenters. The molecule has 104 valence electrons. The first-order chi connectivity index (χ1) is 9.00. The number of hydrogen-bond acceptors (Lipinski definition) is 3. The fourth-order valence-electron chi connectivity index (χ4n) is 2.16. The van der Waals surface area contributed by atoms with Crippen LogP contribution in [-0.2, 0) is 4.74 Å². The number of rotatable bonds is 4. The number of carbonyl (C=O) groups is 1. The summed E-state index contributed by atoms with van der Waals surface area (Å²) >= 11 is 0. The summed E-state index contributed by atoms with van der Waals surface area (Å²) < 4.78 is 32.7. The van der Waals surface area contributed by atoms with Crippen LogP contribution in [0.3, 0.4) is 0 Å². The van der Waals surface area contributed by atoms with Gasteiger partial charge in [-0.25, -0.2) is 13.6 Å². The average molecular weight is 271 g/mol. The van der Waals surface area contributed by atoms with Crippen molar-refractivity contribution in [1.82, 2.24) is 0 Å². The Morgan fingerprint density at radius 1 is 1.47 bits per heavy atom. The number of anilines is 1. The van der Waals surface area contributed by atoms with E-state index in [9.17, 15) is 13.6 Å². The molecule has 19 heavy (non-hydrogen) atoms. The van der Waals surface area contributed by atoms with Gasteiger partial charge in [-0.3, -0.25) is 0 Å². The van der Waals surface area contributed by atoms with E-state index in [-0.39, 0.29) is 17.8 Å². The fraction of sp³-hybridized carbons (Fsp3) is 0.462. The van der Waals surface area contributed by atoms with E-state index in [4.69, 9.17) is 9.84 Å². The van der Waals surface area contributed by atoms with Crippen molar-refractivity contribution in [3.05, 3.63) is 29.3 Å². The molecule has 0 aromatic heterocycles. The predicted octanol–water partition coefficient (Wildman–Crippen LogP) is 2.64. The van der Waals surface area contributed by atoms with Crippen LogP contribution in [0, 0.1) is 11.6 Å². The maximum atomic E-state index is 13.7. The number of nitrogens with one attached hydrogen (secondary N) is 1. The van der Waals surface area contributed by atoms with Gasteiger partial charge in [0.25, 0.3) is 0 Å². The number of benzene rings is 1. The highest BCUT2D eigenvalue weighted by molar-refractivity contribution is 5.88. The van der Waals surface area contributed by atoms with E-state index in [1.165, 1.54) is 6.07 Å². The van der Waals surface area contributed by atoms with Crippen LogP contribution < -0.4 is 5.32 Å². The summed E-state index contributed by atoms with van der Waals surface area (Å²) in [5.41, 5.74) is -0.724. The van der Waals surface area contributed by atoms with Crippen molar-refractivity contribution in [3.63, 3.8) is 0 Å². The second-order valence-electron chi connectivity index (χ2n) is 4.58. The third kappa shape index (κ3) is 2.84. The van der Waals surface area contributed by atoms with Crippen LogP contribution in [0.15, 0.2) is 12.1 Å². The van der Waals surface area contributed by atoms with Gasteiger partial charge in [0.2, 0.25) is 0 Å². The number of ether oxygens (including phenoxy) is 1. The van der Waals surface area contributed by atoms with Crippen LogP contribution in [0.1, 0.15) is 30.1 Å². The Hall–Kier alpha value is -1.69. The largest absolute Gasteiger partial charge is 0.478 e. The van der Waals surface area contributed by atoms with Crippen molar-refractivity contribution < 1.29 is 23.4 Å². The summed E-state index contributed by atoms with van der Waals surface area (Å²) in [5, 5.41) is 11.5. The molecule has 2 rings (SSSR count). The van der Waals surface area contributed by atoms with Gasteiger partial charge in [-0.15, -0.1) is 0 Å². The summed E-state index contributed by atoms with van der Waals surface area (Å²) in [6.45, 7) is 2.49. The second kappa shape index (κ2) is 5.52. The molecule has 0 saturated carbocycles. The van der Waals surface area contributed by atoms with E-state index in [2.05, 4.69) is 5.32 Å². The quantitative estimate of drug-likeness (QED) is 0.883. The van der Waals surface area contributed by atoms with Gasteiger partial charge in [0, 0.05) is 12.6 Å². The van der Waals surface area contributed by atoms with Crippen LogP contribution in [0.2, 0.25) is 0 Å². The molecule has 1 aromatic rings. The Labute approximate surface area is 109 Å². The normalized spacial score (nSPS) is 20.3. The highest BCUT2D eigenvalue weighted by Crippen LogP contribution is 2.24. The first-order valence-corrected chi connectivity index (χ1v) is 6.10. The van der Waals surface area contributed by atoms with Gasteiger partial charge in [0.15, 0.2) is 11.6 Å². The molecule has 0 amide bonds. The standard InChI is InChI=1S/C13H15F2NO3/c1-7(10-3-2-6-19-10)16-9-5-4-8(13(17)18)11(14)12(9)15/h4-5,7,10,16H,2-3,6H2,1H3,(H,17,18). The van der Waals surface area contributed by atoms with Gasteiger partial charge >= 0.3 is 5.97 Å². The fourth-order valence-corrected chi connectivity index (χ4v) is 2.16. The Morgan fingerprint density at radius 2 is 2.21 bits per heavy atom. The number of aromatic carboxylic acids is 1. The van der Waals surface area contributed by atoms with E-state index < -0.39 is 23.2 Å². The average Bonchev–Trinajstić information content (AvgIpc) is 2.88. The van der Waals surface area contributed by atoms with Gasteiger partial charge in [-0.05, 0) is 31.9 Å². The van der Waals surface area contributed by atoms with Gasteiger partial charge < -0.3 is 15.2 Å². The topological polar surface area (TPSA) is 58.6 Å². The minimum Gasteiger partial charge on any atom is -0.478 e. The number of halogens is 2. The van der Waals surface area contributed by atoms with Crippen LogP contribution in [0.25, 0.3) is 0 Å². The summed E-state index contributed by atoms with van der Waals surface area (Å²) in [4.78, 5) is 10.7. The van der Waals surface area contributed by atoms with Gasteiger partial charge in [0.05, 0.1) is 17.4 Å². The number of hydrogen-bond donors (Lipinski definition) is 2. The first-order valence-electron chi connectivity index (χ1n) is 6.10. The van der Waals surface area contributed by atoms with Crippen molar-refractivity contribution >= 4 is 11.7 Å². The second-order valence-corrected chi connectivity index (χ2v) is 4.58. The third-order valence-electron chi connectivity index (χ3n) is 3.22. The molecule has 2 N–H and O–H groups in total. The lowest BCUT2D eigenvalue weighted by Gasteiger charge is -2.21. The van der Waals surface area contributed by atoms with Crippen LogP contribution >= 0.6 is 0 Å². The van der Waals surface area contributed by atoms with E-state index in [0.717, 1.165) is 18.9 Å². The van der Waals surface area contributed by atoms with E-state index >= 15 is 0 Å². The van der Waals surface area contributed by atoms with Crippen molar-refractivity contribution in [2.45, 2.75) is 31.9 Å². The molecule has 0 aliphatic carbocycles. The summed E-state index contributed by atoms with van der Waals surface area (Å²) in [7, 11) is 0. The van der Waals surface area contributed by atoms with Gasteiger partial charge in [-0.1, -0.05) is 0 Å². The Kier molecular flexibility index (Phi) is 3.99. The number of carboxylic acids is 1. The monoisotopic (exact) mass is 271 g/mol. The Bertz CT molecular complexity index is 487. The SMILES string of the molecule is CC(Nc1ccc(C(=O)O)c(F)c1F)C1CCCO1. The Balaban J connectivity index is 2.16. The molecule has 1 heterocycles. The lowest BCUT2D eigenvalue weighted by Crippen LogP contribution is -2.30. The summed E-state index contributed by atoms with van der Waals surface area (Å²) in [6.07, 6.45) is 1.78. The molecule has 1 aliphatic heterocycles. The smallest absolute Gasteiger partial charge is 0.338 e. The van der Waals surface area contributed by atoms with E-state index in [0.29, 0.717) is 6.61 Å². The molecule has 1 aromatic carbocycles.